The number of amides is 2. The largest absolute Gasteiger partial charge is 0.333 e. The predicted octanol–water partition coefficient (Wildman–Crippen LogP) is 5.07. The molecule has 1 saturated heterocycles. The second-order valence-electron chi connectivity index (χ2n) is 12.2. The van der Waals surface area contributed by atoms with E-state index in [1.165, 1.54) is 53.7 Å². The van der Waals surface area contributed by atoms with Crippen molar-refractivity contribution in [1.29, 1.82) is 0 Å². The molecule has 8 rings (SSSR count). The van der Waals surface area contributed by atoms with Crippen LogP contribution in [0.5, 0.6) is 0 Å². The Kier molecular flexibility index (Phi) is 5.16. The molecule has 5 nitrogen and oxygen atoms in total. The third kappa shape index (κ3) is 3.64. The van der Waals surface area contributed by atoms with Gasteiger partial charge in [-0.1, -0.05) is 6.07 Å². The third-order valence-corrected chi connectivity index (χ3v) is 10.7. The maximum Gasteiger partial charge on any atom is 0.292 e. The van der Waals surface area contributed by atoms with Crippen LogP contribution in [0.25, 0.3) is 20.8 Å². The minimum atomic E-state index is -0.298. The summed E-state index contributed by atoms with van der Waals surface area (Å²) in [4.78, 5) is 32.6. The van der Waals surface area contributed by atoms with Gasteiger partial charge >= 0.3 is 0 Å². The summed E-state index contributed by atoms with van der Waals surface area (Å²) in [5.41, 5.74) is 4.27. The monoisotopic (exact) mass is 500 g/mol. The van der Waals surface area contributed by atoms with Gasteiger partial charge in [-0.05, 0) is 112 Å². The number of carbonyl (C=O) groups excluding carboxylic acids is 2. The lowest BCUT2D eigenvalue weighted by atomic mass is 9.48. The van der Waals surface area contributed by atoms with Crippen LogP contribution in [0.2, 0.25) is 0 Å². The highest BCUT2D eigenvalue weighted by Crippen LogP contribution is 2.60. The molecule has 1 aliphatic heterocycles. The molecule has 4 bridgehead atoms. The molecule has 2 amide bonds. The minimum absolute atomic E-state index is 0.0557. The number of rotatable bonds is 5. The van der Waals surface area contributed by atoms with E-state index in [0.29, 0.717) is 23.6 Å². The molecule has 0 radical (unpaired) electrons. The van der Waals surface area contributed by atoms with Crippen LogP contribution < -0.4 is 10.2 Å². The second kappa shape index (κ2) is 8.22. The summed E-state index contributed by atoms with van der Waals surface area (Å²) in [6.45, 7) is 4.41. The summed E-state index contributed by atoms with van der Waals surface area (Å²) in [6.07, 6.45) is 8.54. The molecule has 0 spiro atoms. The Morgan fingerprint density at radius 2 is 1.67 bits per heavy atom. The molecule has 5 fully saturated rings. The quantitative estimate of drug-likeness (QED) is 0.497. The zero-order valence-electron chi connectivity index (χ0n) is 21.1. The van der Waals surface area contributed by atoms with Crippen LogP contribution in [-0.4, -0.2) is 28.9 Å². The fourth-order valence-corrected chi connectivity index (χ4v) is 9.34. The molecule has 186 valence electrons. The third-order valence-electron chi connectivity index (χ3n) is 9.67. The lowest BCUT2D eigenvalue weighted by Crippen LogP contribution is -2.98. The molecule has 5 aliphatic rings. The van der Waals surface area contributed by atoms with Crippen LogP contribution in [0.1, 0.15) is 57.4 Å². The Balaban J connectivity index is 1.07. The molecule has 3 aromatic rings. The zero-order chi connectivity index (χ0) is 24.6. The van der Waals surface area contributed by atoms with Crippen molar-refractivity contribution in [3.05, 3.63) is 48.0 Å². The molecule has 2 heterocycles. The van der Waals surface area contributed by atoms with Gasteiger partial charge in [0.25, 0.3) is 5.91 Å². The van der Waals surface area contributed by atoms with E-state index in [1.54, 1.807) is 11.3 Å². The van der Waals surface area contributed by atoms with Gasteiger partial charge in [0, 0.05) is 11.0 Å². The van der Waals surface area contributed by atoms with E-state index in [-0.39, 0.29) is 17.9 Å². The first-order chi connectivity index (χ1) is 17.4. The van der Waals surface area contributed by atoms with E-state index >= 15 is 0 Å². The van der Waals surface area contributed by atoms with Crippen molar-refractivity contribution in [2.24, 2.45) is 23.2 Å². The molecule has 2 aromatic carbocycles. The van der Waals surface area contributed by atoms with Crippen molar-refractivity contribution >= 4 is 39.1 Å². The molecule has 1 aromatic heterocycles. The van der Waals surface area contributed by atoms with Crippen LogP contribution in [0.4, 0.5) is 5.69 Å². The number of hydrogen-bond acceptors (Lipinski definition) is 4. The molecule has 4 aliphatic carbocycles. The highest BCUT2D eigenvalue weighted by molar-refractivity contribution is 7.21. The van der Waals surface area contributed by atoms with Crippen LogP contribution in [0, 0.1) is 30.1 Å². The fourth-order valence-electron chi connectivity index (χ4n) is 8.27. The van der Waals surface area contributed by atoms with Gasteiger partial charge in [0.05, 0.1) is 28.4 Å². The average molecular weight is 501 g/mol. The van der Waals surface area contributed by atoms with Gasteiger partial charge in [-0.2, -0.15) is 0 Å². The lowest BCUT2D eigenvalue weighted by molar-refractivity contribution is -0.720. The number of carbonyl (C=O) groups is 2. The van der Waals surface area contributed by atoms with Crippen LogP contribution >= 0.6 is 11.3 Å². The number of hydrogen-bond donors (Lipinski definition) is 1. The molecule has 6 heteroatoms. The number of thiazole rings is 1. The smallest absolute Gasteiger partial charge is 0.292 e. The van der Waals surface area contributed by atoms with Crippen LogP contribution in [0.15, 0.2) is 42.5 Å². The number of aryl methyl sites for hydroxylation is 1. The Bertz CT molecular complexity index is 1320. The van der Waals surface area contributed by atoms with Crippen molar-refractivity contribution in [1.82, 2.24) is 4.98 Å². The van der Waals surface area contributed by atoms with Gasteiger partial charge in [0.1, 0.15) is 5.01 Å². The first-order valence-electron chi connectivity index (χ1n) is 13.6. The summed E-state index contributed by atoms with van der Waals surface area (Å²) in [5.74, 6) is 2.54. The number of aromatic nitrogens is 1. The predicted molar refractivity (Wildman–Crippen MR) is 143 cm³/mol. The SMILES string of the molecule is Cc1ccc2nc(-c3ccc(N4C(=O)C[C@H]([NH2+][C@H](C)C56CC7CC(CC(C7)C5)C6)C4=O)cc3)sc2c1. The number of imide groups is 1. The number of fused-ring (bicyclic) bond motifs is 1. The summed E-state index contributed by atoms with van der Waals surface area (Å²) >= 11 is 1.67. The van der Waals surface area contributed by atoms with E-state index in [1.807, 2.05) is 24.3 Å². The van der Waals surface area contributed by atoms with E-state index in [9.17, 15) is 9.59 Å². The number of quaternary nitrogens is 1. The van der Waals surface area contributed by atoms with Crippen LogP contribution in [0.3, 0.4) is 0 Å². The Morgan fingerprint density at radius 3 is 2.33 bits per heavy atom. The van der Waals surface area contributed by atoms with Gasteiger partial charge in [-0.3, -0.25) is 9.59 Å². The molecule has 4 saturated carbocycles. The number of benzene rings is 2. The first kappa shape index (κ1) is 22.6. The topological polar surface area (TPSA) is 66.9 Å². The summed E-state index contributed by atoms with van der Waals surface area (Å²) in [6, 6.07) is 14.1. The van der Waals surface area contributed by atoms with E-state index in [4.69, 9.17) is 4.98 Å². The van der Waals surface area contributed by atoms with Gasteiger partial charge in [-0.15, -0.1) is 11.3 Å². The van der Waals surface area contributed by atoms with Crippen molar-refractivity contribution in [3.8, 4) is 10.6 Å². The molecule has 2 atom stereocenters. The van der Waals surface area contributed by atoms with E-state index in [2.05, 4.69) is 37.4 Å². The summed E-state index contributed by atoms with van der Waals surface area (Å²) < 4.78 is 1.17. The number of anilines is 1. The maximum absolute atomic E-state index is 13.4. The van der Waals surface area contributed by atoms with Gasteiger partial charge in [0.15, 0.2) is 6.04 Å². The standard InChI is InChI=1S/C30H33N3O2S/c1-17-3-8-24-26(9-17)36-28(32-24)22-4-6-23(7-5-22)33-27(34)13-25(29(33)35)31-18(2)30-14-19-10-20(15-30)12-21(11-19)16-30/h3-9,18-21,25,31H,10-16H2,1-2H3/p+1/t18-,19?,20?,21?,25+,30?/m1/s1. The van der Waals surface area contributed by atoms with E-state index in [0.717, 1.165) is 33.8 Å². The normalized spacial score (nSPS) is 32.1. The Labute approximate surface area is 216 Å². The number of nitrogens with zero attached hydrogens (tertiary/aromatic N) is 2. The average Bonchev–Trinajstić information content (AvgIpc) is 3.38. The Morgan fingerprint density at radius 1 is 1.00 bits per heavy atom. The van der Waals surface area contributed by atoms with Crippen molar-refractivity contribution in [2.45, 2.75) is 70.9 Å². The fraction of sp³-hybridized carbons (Fsp3) is 0.500. The maximum atomic E-state index is 13.4. The van der Waals surface area contributed by atoms with Crippen molar-refractivity contribution in [2.75, 3.05) is 4.90 Å². The van der Waals surface area contributed by atoms with E-state index < -0.39 is 0 Å². The van der Waals surface area contributed by atoms with Crippen LogP contribution in [-0.2, 0) is 9.59 Å². The van der Waals surface area contributed by atoms with Gasteiger partial charge in [0.2, 0.25) is 5.91 Å². The van der Waals surface area contributed by atoms with Gasteiger partial charge in [-0.25, -0.2) is 9.88 Å². The summed E-state index contributed by atoms with van der Waals surface area (Å²) in [5, 5.41) is 3.21. The second-order valence-corrected chi connectivity index (χ2v) is 13.2. The lowest BCUT2D eigenvalue weighted by Gasteiger charge is -2.58. The molecular weight excluding hydrogens is 466 g/mol. The highest BCUT2D eigenvalue weighted by atomic mass is 32.1. The summed E-state index contributed by atoms with van der Waals surface area (Å²) in [7, 11) is 0. The van der Waals surface area contributed by atoms with Gasteiger partial charge < -0.3 is 5.32 Å². The highest BCUT2D eigenvalue weighted by Gasteiger charge is 2.56. The number of nitrogens with two attached hydrogens (primary N) is 1. The molecule has 2 N–H and O–H groups in total. The first-order valence-corrected chi connectivity index (χ1v) is 14.4. The minimum Gasteiger partial charge on any atom is -0.333 e. The van der Waals surface area contributed by atoms with Crippen molar-refractivity contribution < 1.29 is 14.9 Å². The van der Waals surface area contributed by atoms with Crippen molar-refractivity contribution in [3.63, 3.8) is 0 Å². The Hall–Kier alpha value is -2.57. The molecule has 0 unspecified atom stereocenters. The molecule has 36 heavy (non-hydrogen) atoms. The molecular formula is C30H34N3O2S+. The zero-order valence-corrected chi connectivity index (χ0v) is 21.9.